The summed E-state index contributed by atoms with van der Waals surface area (Å²) in [5.41, 5.74) is 0. The highest BCUT2D eigenvalue weighted by Gasteiger charge is 2.04. The van der Waals surface area contributed by atoms with Gasteiger partial charge in [-0.2, -0.15) is 0 Å². The summed E-state index contributed by atoms with van der Waals surface area (Å²) in [7, 11) is 1.71. The first-order valence-corrected chi connectivity index (χ1v) is 6.24. The molecule has 0 atom stereocenters. The second-order valence-electron chi connectivity index (χ2n) is 3.99. The average molecular weight is 287 g/mol. The third kappa shape index (κ3) is 1.69. The quantitative estimate of drug-likeness (QED) is 0.586. The lowest BCUT2D eigenvalue weighted by Crippen LogP contribution is -1.85. The van der Waals surface area contributed by atoms with E-state index in [1.807, 2.05) is 12.1 Å². The van der Waals surface area contributed by atoms with E-state index in [0.29, 0.717) is 0 Å². The van der Waals surface area contributed by atoms with Gasteiger partial charge in [0.25, 0.3) is 0 Å². The molecular formula is C15H11BrO. The predicted octanol–water partition coefficient (Wildman–Crippen LogP) is 4.76. The minimum Gasteiger partial charge on any atom is -0.496 e. The van der Waals surface area contributed by atoms with Gasteiger partial charge in [0.05, 0.1) is 7.11 Å². The summed E-state index contributed by atoms with van der Waals surface area (Å²) in [6.07, 6.45) is 0. The molecule has 3 aromatic rings. The molecule has 0 saturated carbocycles. The second-order valence-corrected chi connectivity index (χ2v) is 4.90. The van der Waals surface area contributed by atoms with Crippen molar-refractivity contribution in [3.05, 3.63) is 53.0 Å². The maximum Gasteiger partial charge on any atom is 0.126 e. The zero-order valence-electron chi connectivity index (χ0n) is 9.41. The molecule has 0 heterocycles. The van der Waals surface area contributed by atoms with Gasteiger partial charge in [-0.25, -0.2) is 0 Å². The Labute approximate surface area is 108 Å². The van der Waals surface area contributed by atoms with E-state index in [-0.39, 0.29) is 0 Å². The number of rotatable bonds is 1. The van der Waals surface area contributed by atoms with Gasteiger partial charge in [-0.1, -0.05) is 46.3 Å². The first-order chi connectivity index (χ1) is 8.29. The average Bonchev–Trinajstić information content (AvgIpc) is 2.37. The Hall–Kier alpha value is -1.54. The highest BCUT2D eigenvalue weighted by Crippen LogP contribution is 2.32. The van der Waals surface area contributed by atoms with E-state index in [0.717, 1.165) is 15.6 Å². The van der Waals surface area contributed by atoms with Crippen LogP contribution in [0.4, 0.5) is 0 Å². The van der Waals surface area contributed by atoms with Gasteiger partial charge in [0.15, 0.2) is 0 Å². The van der Waals surface area contributed by atoms with Crippen molar-refractivity contribution < 1.29 is 4.74 Å². The van der Waals surface area contributed by atoms with E-state index in [9.17, 15) is 0 Å². The van der Waals surface area contributed by atoms with E-state index >= 15 is 0 Å². The van der Waals surface area contributed by atoms with Gasteiger partial charge in [0.1, 0.15) is 5.75 Å². The van der Waals surface area contributed by atoms with Crippen LogP contribution in [-0.4, -0.2) is 7.11 Å². The van der Waals surface area contributed by atoms with Crippen LogP contribution in [0.3, 0.4) is 0 Å². The summed E-state index contributed by atoms with van der Waals surface area (Å²) in [5, 5.41) is 4.88. The Balaban J connectivity index is 2.48. The fraction of sp³-hybridized carbons (Fsp3) is 0.0667. The molecule has 0 saturated heterocycles. The van der Waals surface area contributed by atoms with Gasteiger partial charge in [0.2, 0.25) is 0 Å². The minimum absolute atomic E-state index is 0.923. The zero-order chi connectivity index (χ0) is 11.8. The van der Waals surface area contributed by atoms with Crippen LogP contribution >= 0.6 is 15.9 Å². The van der Waals surface area contributed by atoms with Crippen LogP contribution in [-0.2, 0) is 0 Å². The number of hydrogen-bond acceptors (Lipinski definition) is 1. The Kier molecular flexibility index (Phi) is 2.52. The van der Waals surface area contributed by atoms with Crippen LogP contribution in [0.2, 0.25) is 0 Å². The van der Waals surface area contributed by atoms with Crippen LogP contribution in [0.5, 0.6) is 5.75 Å². The van der Waals surface area contributed by atoms with Crippen LogP contribution in [0.1, 0.15) is 0 Å². The molecule has 0 radical (unpaired) electrons. The molecule has 2 heteroatoms. The summed E-state index contributed by atoms with van der Waals surface area (Å²) in [6.45, 7) is 0. The van der Waals surface area contributed by atoms with Crippen molar-refractivity contribution in [3.63, 3.8) is 0 Å². The molecule has 0 amide bonds. The third-order valence-electron chi connectivity index (χ3n) is 3.02. The monoisotopic (exact) mass is 286 g/mol. The molecule has 3 rings (SSSR count). The van der Waals surface area contributed by atoms with Gasteiger partial charge < -0.3 is 4.74 Å². The van der Waals surface area contributed by atoms with Crippen LogP contribution in [0.25, 0.3) is 21.5 Å². The molecule has 0 aliphatic rings. The summed E-state index contributed by atoms with van der Waals surface area (Å²) in [5.74, 6) is 0.923. The molecular weight excluding hydrogens is 276 g/mol. The van der Waals surface area contributed by atoms with Gasteiger partial charge in [-0.05, 0) is 34.4 Å². The van der Waals surface area contributed by atoms with Gasteiger partial charge in [-0.15, -0.1) is 0 Å². The lowest BCUT2D eigenvalue weighted by molar-refractivity contribution is 0.420. The summed E-state index contributed by atoms with van der Waals surface area (Å²) >= 11 is 3.50. The van der Waals surface area contributed by atoms with Crippen molar-refractivity contribution in [2.75, 3.05) is 7.11 Å². The Morgan fingerprint density at radius 3 is 2.53 bits per heavy atom. The number of fused-ring (bicyclic) bond motifs is 3. The first kappa shape index (κ1) is 10.6. The fourth-order valence-electron chi connectivity index (χ4n) is 2.22. The maximum absolute atomic E-state index is 5.39. The summed E-state index contributed by atoms with van der Waals surface area (Å²) < 4.78 is 6.49. The largest absolute Gasteiger partial charge is 0.496 e. The lowest BCUT2D eigenvalue weighted by Gasteiger charge is -2.08. The molecule has 0 unspecified atom stereocenters. The predicted molar refractivity (Wildman–Crippen MR) is 75.7 cm³/mol. The van der Waals surface area contributed by atoms with Crippen molar-refractivity contribution in [2.24, 2.45) is 0 Å². The zero-order valence-corrected chi connectivity index (χ0v) is 11.0. The lowest BCUT2D eigenvalue weighted by atomic mass is 10.0. The molecule has 3 aromatic carbocycles. The molecule has 0 aliphatic carbocycles. The SMILES string of the molecule is COc1cccc2c1ccc1cc(Br)ccc12. The van der Waals surface area contributed by atoms with Crippen LogP contribution < -0.4 is 4.74 Å². The van der Waals surface area contributed by atoms with Gasteiger partial charge >= 0.3 is 0 Å². The van der Waals surface area contributed by atoms with E-state index in [1.54, 1.807) is 7.11 Å². The fourth-order valence-corrected chi connectivity index (χ4v) is 2.60. The molecule has 1 nitrogen and oxygen atoms in total. The molecule has 0 spiro atoms. The number of halogens is 1. The Bertz CT molecular complexity index is 704. The second kappa shape index (κ2) is 4.04. The number of benzene rings is 3. The van der Waals surface area contributed by atoms with Crippen molar-refractivity contribution >= 4 is 37.5 Å². The Morgan fingerprint density at radius 2 is 1.71 bits per heavy atom. The van der Waals surface area contributed by atoms with Gasteiger partial charge in [-0.3, -0.25) is 0 Å². The Morgan fingerprint density at radius 1 is 0.882 bits per heavy atom. The summed E-state index contributed by atoms with van der Waals surface area (Å²) in [6, 6.07) is 16.7. The van der Waals surface area contributed by atoms with E-state index < -0.39 is 0 Å². The van der Waals surface area contributed by atoms with Crippen LogP contribution in [0.15, 0.2) is 53.0 Å². The van der Waals surface area contributed by atoms with E-state index in [4.69, 9.17) is 4.74 Å². The number of methoxy groups -OCH3 is 1. The number of ether oxygens (including phenoxy) is 1. The smallest absolute Gasteiger partial charge is 0.126 e. The van der Waals surface area contributed by atoms with Crippen molar-refractivity contribution in [3.8, 4) is 5.75 Å². The maximum atomic E-state index is 5.39. The molecule has 0 N–H and O–H groups in total. The van der Waals surface area contributed by atoms with Crippen molar-refractivity contribution in [2.45, 2.75) is 0 Å². The molecule has 0 aromatic heterocycles. The van der Waals surface area contributed by atoms with Crippen LogP contribution in [0, 0.1) is 0 Å². The molecule has 0 fully saturated rings. The molecule has 84 valence electrons. The highest BCUT2D eigenvalue weighted by molar-refractivity contribution is 9.10. The van der Waals surface area contributed by atoms with Gasteiger partial charge in [0, 0.05) is 9.86 Å². The molecule has 17 heavy (non-hydrogen) atoms. The highest BCUT2D eigenvalue weighted by atomic mass is 79.9. The van der Waals surface area contributed by atoms with Crippen molar-refractivity contribution in [1.29, 1.82) is 0 Å². The number of hydrogen-bond donors (Lipinski definition) is 0. The van der Waals surface area contributed by atoms with E-state index in [1.165, 1.54) is 16.2 Å². The topological polar surface area (TPSA) is 9.23 Å². The summed E-state index contributed by atoms with van der Waals surface area (Å²) in [4.78, 5) is 0. The van der Waals surface area contributed by atoms with Crippen molar-refractivity contribution in [1.82, 2.24) is 0 Å². The normalized spacial score (nSPS) is 10.9. The minimum atomic E-state index is 0.923. The first-order valence-electron chi connectivity index (χ1n) is 5.44. The molecule has 0 bridgehead atoms. The standard InChI is InChI=1S/C15H11BrO/c1-17-15-4-2-3-13-12-8-6-11(16)9-10(12)5-7-14(13)15/h2-9H,1H3. The van der Waals surface area contributed by atoms with E-state index in [2.05, 4.69) is 52.3 Å². The molecule has 0 aliphatic heterocycles. The third-order valence-corrected chi connectivity index (χ3v) is 3.51.